The summed E-state index contributed by atoms with van der Waals surface area (Å²) < 4.78 is 38.7. The lowest BCUT2D eigenvalue weighted by Gasteiger charge is -2.36. The van der Waals surface area contributed by atoms with Gasteiger partial charge in [0.25, 0.3) is 5.91 Å². The second kappa shape index (κ2) is 12.7. The molecule has 3 aliphatic rings. The Labute approximate surface area is 249 Å². The molecule has 1 saturated carbocycles. The van der Waals surface area contributed by atoms with Gasteiger partial charge in [-0.25, -0.2) is 4.79 Å². The van der Waals surface area contributed by atoms with Crippen LogP contribution in [0.3, 0.4) is 0 Å². The molecular weight excluding hydrogens is 565 g/mol. The Kier molecular flexibility index (Phi) is 9.15. The molecule has 2 unspecified atom stereocenters. The van der Waals surface area contributed by atoms with E-state index in [1.165, 1.54) is 36.3 Å². The molecule has 0 N–H and O–H groups in total. The zero-order valence-electron chi connectivity index (χ0n) is 24.2. The van der Waals surface area contributed by atoms with Gasteiger partial charge in [-0.15, -0.1) is 11.3 Å². The number of likely N-dealkylation sites (tertiary alicyclic amines) is 2. The Morgan fingerprint density at radius 2 is 1.40 bits per heavy atom. The first kappa shape index (κ1) is 30.4. The Hall–Kier alpha value is -3.08. The van der Waals surface area contributed by atoms with Crippen molar-refractivity contribution in [2.45, 2.75) is 82.6 Å². The smallest absolute Gasteiger partial charge is 0.336 e. The molecule has 11 heteroatoms. The van der Waals surface area contributed by atoms with Gasteiger partial charge < -0.3 is 19.6 Å². The van der Waals surface area contributed by atoms with Gasteiger partial charge in [0.05, 0.1) is 22.5 Å². The third-order valence-corrected chi connectivity index (χ3v) is 10.1. The highest BCUT2D eigenvalue weighted by Gasteiger charge is 2.39. The van der Waals surface area contributed by atoms with Crippen LogP contribution in [0.1, 0.15) is 73.5 Å². The highest BCUT2D eigenvalue weighted by molar-refractivity contribution is 7.17. The molecule has 2 aromatic rings. The summed E-state index contributed by atoms with van der Waals surface area (Å²) in [4.78, 5) is 48.0. The third-order valence-electron chi connectivity index (χ3n) is 9.02. The zero-order chi connectivity index (χ0) is 30.0. The Bertz CT molecular complexity index is 1270. The number of alkyl halides is 3. The number of hydrogen-bond donors (Lipinski definition) is 0. The van der Waals surface area contributed by atoms with E-state index in [4.69, 9.17) is 0 Å². The highest BCUT2D eigenvalue weighted by Crippen LogP contribution is 2.34. The van der Waals surface area contributed by atoms with E-state index in [2.05, 4.69) is 4.90 Å². The van der Waals surface area contributed by atoms with E-state index in [1.54, 1.807) is 31.0 Å². The number of halogens is 3. The molecule has 1 aliphatic carbocycles. The average molecular weight is 605 g/mol. The van der Waals surface area contributed by atoms with Crippen molar-refractivity contribution in [2.75, 3.05) is 33.2 Å². The van der Waals surface area contributed by atoms with Gasteiger partial charge in [0.2, 0.25) is 5.91 Å². The number of rotatable bonds is 5. The summed E-state index contributed by atoms with van der Waals surface area (Å²) in [5.74, 6) is -0.0724. The molecule has 0 spiro atoms. The van der Waals surface area contributed by atoms with Gasteiger partial charge in [-0.05, 0) is 55.5 Å². The van der Waals surface area contributed by atoms with Gasteiger partial charge in [0.1, 0.15) is 0 Å². The molecule has 7 nitrogen and oxygen atoms in total. The van der Waals surface area contributed by atoms with Crippen molar-refractivity contribution in [1.29, 1.82) is 0 Å². The number of carbonyl (C=O) groups excluding carboxylic acids is 3. The van der Waals surface area contributed by atoms with Gasteiger partial charge in [-0.2, -0.15) is 13.2 Å². The van der Waals surface area contributed by atoms with Crippen LogP contribution >= 0.6 is 11.3 Å². The quantitative estimate of drug-likeness (QED) is 0.374. The predicted molar refractivity (Wildman–Crippen MR) is 156 cm³/mol. The van der Waals surface area contributed by atoms with Crippen molar-refractivity contribution in [3.05, 3.63) is 46.8 Å². The normalized spacial score (nSPS) is 21.8. The first-order valence-corrected chi connectivity index (χ1v) is 15.7. The van der Waals surface area contributed by atoms with E-state index in [1.807, 2.05) is 9.80 Å². The summed E-state index contributed by atoms with van der Waals surface area (Å²) in [6.45, 7) is 3.82. The second-order valence-corrected chi connectivity index (χ2v) is 12.9. The lowest BCUT2D eigenvalue weighted by atomic mass is 10.0. The van der Waals surface area contributed by atoms with E-state index >= 15 is 0 Å². The minimum absolute atomic E-state index is 0.0362. The maximum absolute atomic E-state index is 13.4. The van der Waals surface area contributed by atoms with Gasteiger partial charge in [-0.1, -0.05) is 37.8 Å². The SMILES string of the molecule is CC(=O)N(C1CCCCCC1)C1CCN(C(=O)N2CCC(N(C)C(=O)c3ccc(-c4ccc(C(F)(F)F)cc4)s3)C2)C1. The van der Waals surface area contributed by atoms with Crippen LogP contribution in [0.4, 0.5) is 18.0 Å². The molecule has 2 atom stereocenters. The number of urea groups is 1. The molecule has 2 aliphatic heterocycles. The van der Waals surface area contributed by atoms with Crippen LogP contribution < -0.4 is 0 Å². The van der Waals surface area contributed by atoms with Crippen molar-refractivity contribution in [3.63, 3.8) is 0 Å². The fourth-order valence-electron chi connectivity index (χ4n) is 6.69. The molecule has 5 rings (SSSR count). The van der Waals surface area contributed by atoms with Crippen molar-refractivity contribution in [1.82, 2.24) is 19.6 Å². The molecule has 1 aromatic heterocycles. The van der Waals surface area contributed by atoms with Crippen molar-refractivity contribution < 1.29 is 27.6 Å². The maximum atomic E-state index is 13.4. The number of amides is 4. The molecule has 2 saturated heterocycles. The minimum atomic E-state index is -4.39. The van der Waals surface area contributed by atoms with E-state index < -0.39 is 11.7 Å². The van der Waals surface area contributed by atoms with Gasteiger partial charge in [0.15, 0.2) is 0 Å². The van der Waals surface area contributed by atoms with Crippen LogP contribution in [0.25, 0.3) is 10.4 Å². The van der Waals surface area contributed by atoms with Gasteiger partial charge in [0, 0.05) is 51.1 Å². The summed E-state index contributed by atoms with van der Waals surface area (Å²) >= 11 is 1.25. The summed E-state index contributed by atoms with van der Waals surface area (Å²) in [7, 11) is 1.74. The fourth-order valence-corrected chi connectivity index (χ4v) is 7.69. The molecule has 42 heavy (non-hydrogen) atoms. The van der Waals surface area contributed by atoms with E-state index in [0.717, 1.165) is 49.1 Å². The number of nitrogens with zero attached hydrogens (tertiary/aromatic N) is 4. The van der Waals surface area contributed by atoms with Crippen LogP contribution in [-0.2, 0) is 11.0 Å². The molecule has 3 fully saturated rings. The summed E-state index contributed by atoms with van der Waals surface area (Å²) in [5.41, 5.74) is -0.0851. The number of benzene rings is 1. The molecule has 0 bridgehead atoms. The molecule has 4 amide bonds. The molecule has 3 heterocycles. The fraction of sp³-hybridized carbons (Fsp3) is 0.581. The Morgan fingerprint density at radius 3 is 2.00 bits per heavy atom. The van der Waals surface area contributed by atoms with Crippen LogP contribution in [0.5, 0.6) is 0 Å². The first-order valence-electron chi connectivity index (χ1n) is 14.9. The van der Waals surface area contributed by atoms with E-state index in [9.17, 15) is 27.6 Å². The van der Waals surface area contributed by atoms with Crippen molar-refractivity contribution in [2.24, 2.45) is 0 Å². The van der Waals surface area contributed by atoms with Crippen LogP contribution in [0, 0.1) is 0 Å². The highest BCUT2D eigenvalue weighted by atomic mass is 32.1. The second-order valence-electron chi connectivity index (χ2n) is 11.8. The topological polar surface area (TPSA) is 64.2 Å². The predicted octanol–water partition coefficient (Wildman–Crippen LogP) is 6.35. The number of carbonyl (C=O) groups is 3. The Morgan fingerprint density at radius 1 is 0.810 bits per heavy atom. The minimum Gasteiger partial charge on any atom is -0.336 e. The molecule has 228 valence electrons. The van der Waals surface area contributed by atoms with Crippen molar-refractivity contribution >= 4 is 29.2 Å². The molecule has 0 radical (unpaired) electrons. The van der Waals surface area contributed by atoms with E-state index in [-0.39, 0.29) is 36.0 Å². The lowest BCUT2D eigenvalue weighted by Crippen LogP contribution is -2.49. The largest absolute Gasteiger partial charge is 0.416 e. The standard InChI is InChI=1S/C31H39F3N4O3S/c1-21(39)38(24-7-5-3-4-6-8-24)26-16-18-37(20-26)30(41)36-17-15-25(19-36)35(2)29(40)28-14-13-27(42-28)22-9-11-23(12-10-22)31(32,33)34/h9-14,24-26H,3-8,15-20H2,1-2H3. The van der Waals surface area contributed by atoms with Crippen LogP contribution in [0.2, 0.25) is 0 Å². The van der Waals surface area contributed by atoms with Gasteiger partial charge >= 0.3 is 12.2 Å². The van der Waals surface area contributed by atoms with Crippen LogP contribution in [0.15, 0.2) is 36.4 Å². The number of hydrogen-bond acceptors (Lipinski definition) is 4. The third kappa shape index (κ3) is 6.61. The average Bonchev–Trinajstić information content (AvgIpc) is 3.71. The zero-order valence-corrected chi connectivity index (χ0v) is 25.1. The summed E-state index contributed by atoms with van der Waals surface area (Å²) in [6.07, 6.45) is 3.87. The molecule has 1 aromatic carbocycles. The lowest BCUT2D eigenvalue weighted by molar-refractivity contribution is -0.137. The Balaban J connectivity index is 1.16. The monoisotopic (exact) mass is 604 g/mol. The maximum Gasteiger partial charge on any atom is 0.416 e. The number of likely N-dealkylation sites (N-methyl/N-ethyl adjacent to an activating group) is 1. The number of thiophene rings is 1. The van der Waals surface area contributed by atoms with Gasteiger partial charge in [-0.3, -0.25) is 9.59 Å². The first-order chi connectivity index (χ1) is 20.0. The van der Waals surface area contributed by atoms with Crippen LogP contribution in [-0.4, -0.2) is 88.8 Å². The summed E-state index contributed by atoms with van der Waals surface area (Å²) in [5, 5.41) is 0. The van der Waals surface area contributed by atoms with Crippen molar-refractivity contribution in [3.8, 4) is 10.4 Å². The van der Waals surface area contributed by atoms with E-state index in [0.29, 0.717) is 43.0 Å². The summed E-state index contributed by atoms with van der Waals surface area (Å²) in [6, 6.07) is 8.53. The molecular formula is C31H39F3N4O3S.